The van der Waals surface area contributed by atoms with Crippen molar-refractivity contribution < 1.29 is 4.79 Å². The maximum absolute atomic E-state index is 12.1. The van der Waals surface area contributed by atoms with Gasteiger partial charge in [-0.2, -0.15) is 0 Å². The summed E-state index contributed by atoms with van der Waals surface area (Å²) >= 11 is 0. The highest BCUT2D eigenvalue weighted by atomic mass is 16.1. The summed E-state index contributed by atoms with van der Waals surface area (Å²) in [5.74, 6) is 2.64. The molecule has 7 heteroatoms. The molecule has 0 aromatic carbocycles. The van der Waals surface area contributed by atoms with E-state index in [1.165, 1.54) is 12.8 Å². The molecular formula is C21H28N6O. The normalized spacial score (nSPS) is 17.4. The fourth-order valence-electron chi connectivity index (χ4n) is 3.60. The number of hydrogen-bond donors (Lipinski definition) is 2. The topological polar surface area (TPSA) is 83.0 Å². The van der Waals surface area contributed by atoms with Crippen molar-refractivity contribution in [1.29, 1.82) is 0 Å². The summed E-state index contributed by atoms with van der Waals surface area (Å²) in [5, 5.41) is 6.40. The monoisotopic (exact) mass is 380 g/mol. The number of piperidine rings is 1. The predicted molar refractivity (Wildman–Crippen MR) is 109 cm³/mol. The van der Waals surface area contributed by atoms with Gasteiger partial charge in [0.15, 0.2) is 0 Å². The van der Waals surface area contributed by atoms with Crippen LogP contribution < -0.4 is 15.5 Å². The Balaban J connectivity index is 1.17. The van der Waals surface area contributed by atoms with E-state index in [2.05, 4.69) is 36.6 Å². The molecule has 0 radical (unpaired) electrons. The molecular weight excluding hydrogens is 352 g/mol. The van der Waals surface area contributed by atoms with E-state index in [9.17, 15) is 4.79 Å². The molecule has 0 spiro atoms. The number of amides is 1. The van der Waals surface area contributed by atoms with Crippen molar-refractivity contribution in [3.05, 3.63) is 42.5 Å². The van der Waals surface area contributed by atoms with Crippen molar-refractivity contribution in [2.45, 2.75) is 51.1 Å². The zero-order chi connectivity index (χ0) is 19.2. The maximum Gasteiger partial charge on any atom is 0.220 e. The Bertz CT molecular complexity index is 771. The number of pyridine rings is 1. The van der Waals surface area contributed by atoms with E-state index in [1.807, 2.05) is 18.2 Å². The molecule has 3 heterocycles. The highest BCUT2D eigenvalue weighted by Crippen LogP contribution is 2.27. The molecule has 148 valence electrons. The third-order valence-electron chi connectivity index (χ3n) is 5.49. The number of aromatic nitrogens is 3. The number of carbonyl (C=O) groups excluding carboxylic acids is 1. The van der Waals surface area contributed by atoms with Crippen LogP contribution in [0.25, 0.3) is 0 Å². The van der Waals surface area contributed by atoms with E-state index in [0.29, 0.717) is 24.9 Å². The van der Waals surface area contributed by atoms with E-state index < -0.39 is 0 Å². The summed E-state index contributed by atoms with van der Waals surface area (Å²) in [7, 11) is 0. The first kappa shape index (κ1) is 18.7. The zero-order valence-electron chi connectivity index (χ0n) is 16.2. The molecule has 2 aromatic rings. The van der Waals surface area contributed by atoms with Crippen LogP contribution in [-0.2, 0) is 11.3 Å². The molecule has 2 aromatic heterocycles. The average Bonchev–Trinajstić information content (AvgIpc) is 3.56. The van der Waals surface area contributed by atoms with Gasteiger partial charge in [-0.1, -0.05) is 6.07 Å². The molecule has 2 aliphatic rings. The highest BCUT2D eigenvalue weighted by Gasteiger charge is 2.23. The minimum Gasteiger partial charge on any atom is -0.367 e. The molecule has 1 aliphatic heterocycles. The van der Waals surface area contributed by atoms with Crippen molar-refractivity contribution >= 4 is 17.5 Å². The zero-order valence-corrected chi connectivity index (χ0v) is 16.2. The van der Waals surface area contributed by atoms with Crippen molar-refractivity contribution in [3.63, 3.8) is 0 Å². The Kier molecular flexibility index (Phi) is 5.99. The summed E-state index contributed by atoms with van der Waals surface area (Å²) in [6, 6.07) is 8.39. The van der Waals surface area contributed by atoms with Gasteiger partial charge in [-0.05, 0) is 50.2 Å². The van der Waals surface area contributed by atoms with Crippen LogP contribution in [-0.4, -0.2) is 40.0 Å². The van der Waals surface area contributed by atoms with Gasteiger partial charge in [0.1, 0.15) is 18.0 Å². The molecule has 2 N–H and O–H groups in total. The van der Waals surface area contributed by atoms with Gasteiger partial charge in [0.2, 0.25) is 5.91 Å². The quantitative estimate of drug-likeness (QED) is 0.733. The fourth-order valence-corrected chi connectivity index (χ4v) is 3.60. The highest BCUT2D eigenvalue weighted by molar-refractivity contribution is 5.75. The van der Waals surface area contributed by atoms with E-state index in [0.717, 1.165) is 49.7 Å². The lowest BCUT2D eigenvalue weighted by Crippen LogP contribution is -2.34. The predicted octanol–water partition coefficient (Wildman–Crippen LogP) is 2.76. The van der Waals surface area contributed by atoms with Gasteiger partial charge >= 0.3 is 0 Å². The molecule has 2 fully saturated rings. The van der Waals surface area contributed by atoms with Gasteiger partial charge in [0.25, 0.3) is 0 Å². The van der Waals surface area contributed by atoms with E-state index >= 15 is 0 Å². The third-order valence-corrected chi connectivity index (χ3v) is 5.49. The number of rotatable bonds is 8. The minimum atomic E-state index is 0.111. The first-order valence-electron chi connectivity index (χ1n) is 10.3. The number of hydrogen-bond acceptors (Lipinski definition) is 6. The van der Waals surface area contributed by atoms with Gasteiger partial charge in [0.05, 0.1) is 12.2 Å². The Labute approximate surface area is 166 Å². The largest absolute Gasteiger partial charge is 0.367 e. The second-order valence-corrected chi connectivity index (χ2v) is 7.75. The van der Waals surface area contributed by atoms with Gasteiger partial charge in [-0.25, -0.2) is 9.97 Å². The van der Waals surface area contributed by atoms with Crippen LogP contribution in [0.15, 0.2) is 36.8 Å². The van der Waals surface area contributed by atoms with Gasteiger partial charge in [-0.3, -0.25) is 9.78 Å². The SMILES string of the molecule is O=C(CCC1CCN(c2cc(NC3CC3)ncn2)CC1)NCc1ccccn1. The van der Waals surface area contributed by atoms with Crippen molar-refractivity contribution in [2.75, 3.05) is 23.3 Å². The Morgan fingerprint density at radius 2 is 1.96 bits per heavy atom. The van der Waals surface area contributed by atoms with Crippen LogP contribution in [0.5, 0.6) is 0 Å². The molecule has 1 saturated carbocycles. The Hall–Kier alpha value is -2.70. The number of nitrogens with one attached hydrogen (secondary N) is 2. The lowest BCUT2D eigenvalue weighted by molar-refractivity contribution is -0.121. The summed E-state index contributed by atoms with van der Waals surface area (Å²) < 4.78 is 0. The second kappa shape index (κ2) is 8.99. The Morgan fingerprint density at radius 3 is 2.71 bits per heavy atom. The van der Waals surface area contributed by atoms with E-state index in [-0.39, 0.29) is 5.91 Å². The van der Waals surface area contributed by atoms with Crippen LogP contribution in [0.2, 0.25) is 0 Å². The van der Waals surface area contributed by atoms with Gasteiger partial charge < -0.3 is 15.5 Å². The average molecular weight is 380 g/mol. The van der Waals surface area contributed by atoms with Crippen LogP contribution in [0.4, 0.5) is 11.6 Å². The molecule has 7 nitrogen and oxygen atoms in total. The molecule has 1 saturated heterocycles. The fraction of sp³-hybridized carbons (Fsp3) is 0.524. The van der Waals surface area contributed by atoms with Crippen molar-refractivity contribution in [1.82, 2.24) is 20.3 Å². The summed E-state index contributed by atoms with van der Waals surface area (Å²) in [6.45, 7) is 2.48. The van der Waals surface area contributed by atoms with Crippen LogP contribution in [0.3, 0.4) is 0 Å². The molecule has 0 unspecified atom stereocenters. The molecule has 1 aliphatic carbocycles. The first-order valence-corrected chi connectivity index (χ1v) is 10.3. The van der Waals surface area contributed by atoms with Gasteiger partial charge in [0, 0.05) is 37.8 Å². The summed E-state index contributed by atoms with van der Waals surface area (Å²) in [5.41, 5.74) is 0.893. The first-order chi connectivity index (χ1) is 13.8. The summed E-state index contributed by atoms with van der Waals surface area (Å²) in [6.07, 6.45) is 9.60. The number of nitrogens with zero attached hydrogens (tertiary/aromatic N) is 4. The maximum atomic E-state index is 12.1. The Morgan fingerprint density at radius 1 is 1.11 bits per heavy atom. The molecule has 4 rings (SSSR count). The molecule has 0 bridgehead atoms. The van der Waals surface area contributed by atoms with Gasteiger partial charge in [-0.15, -0.1) is 0 Å². The van der Waals surface area contributed by atoms with Crippen molar-refractivity contribution in [3.8, 4) is 0 Å². The minimum absolute atomic E-state index is 0.111. The van der Waals surface area contributed by atoms with Crippen LogP contribution in [0, 0.1) is 5.92 Å². The summed E-state index contributed by atoms with van der Waals surface area (Å²) in [4.78, 5) is 27.4. The third kappa shape index (κ3) is 5.41. The van der Waals surface area contributed by atoms with Crippen LogP contribution in [0.1, 0.15) is 44.2 Å². The van der Waals surface area contributed by atoms with E-state index in [1.54, 1.807) is 12.5 Å². The van der Waals surface area contributed by atoms with Crippen molar-refractivity contribution in [2.24, 2.45) is 5.92 Å². The smallest absolute Gasteiger partial charge is 0.220 e. The molecule has 28 heavy (non-hydrogen) atoms. The molecule has 0 atom stereocenters. The molecule has 1 amide bonds. The van der Waals surface area contributed by atoms with E-state index in [4.69, 9.17) is 0 Å². The lowest BCUT2D eigenvalue weighted by atomic mass is 9.92. The lowest BCUT2D eigenvalue weighted by Gasteiger charge is -2.32. The number of carbonyl (C=O) groups is 1. The number of anilines is 2. The standard InChI is InChI=1S/C21H28N6O/c28-21(23-14-18-3-1-2-10-22-18)7-4-16-8-11-27(12-9-16)20-13-19(24-15-25-20)26-17-5-6-17/h1-3,10,13,15-17H,4-9,11-12,14H2,(H,23,28)(H,24,25,26). The second-order valence-electron chi connectivity index (χ2n) is 7.75. The van der Waals surface area contributed by atoms with Crippen LogP contribution >= 0.6 is 0 Å².